The molecule has 37 heavy (non-hydrogen) atoms. The van der Waals surface area contributed by atoms with Gasteiger partial charge in [0.2, 0.25) is 0 Å². The van der Waals surface area contributed by atoms with Crippen molar-refractivity contribution in [3.05, 3.63) is 76.8 Å². The quantitative estimate of drug-likeness (QED) is 0.378. The van der Waals surface area contributed by atoms with Crippen LogP contribution in [0.1, 0.15) is 16.1 Å². The van der Waals surface area contributed by atoms with E-state index in [1.54, 1.807) is 18.3 Å². The minimum Gasteiger partial charge on any atom is -0.479 e. The average Bonchev–Trinajstić information content (AvgIpc) is 3.54. The summed E-state index contributed by atoms with van der Waals surface area (Å²) in [6, 6.07) is 12.7. The molecule has 4 heterocycles. The minimum absolute atomic E-state index is 0.0268. The fourth-order valence-corrected chi connectivity index (χ4v) is 5.11. The van der Waals surface area contributed by atoms with Crippen LogP contribution in [0.4, 0.5) is 10.1 Å². The number of pyridine rings is 1. The number of hydrogen-bond acceptors (Lipinski definition) is 5. The number of nitrogens with one attached hydrogen (secondary N) is 3. The third-order valence-corrected chi connectivity index (χ3v) is 6.89. The summed E-state index contributed by atoms with van der Waals surface area (Å²) in [6.45, 7) is 2.84. The minimum atomic E-state index is -0.606. The Kier molecular flexibility index (Phi) is 6.02. The van der Waals surface area contributed by atoms with Gasteiger partial charge in [-0.25, -0.2) is 9.37 Å². The number of carbonyl (C=O) groups excluding carboxylic acids is 2. The van der Waals surface area contributed by atoms with Crippen molar-refractivity contribution in [3.63, 3.8) is 0 Å². The Morgan fingerprint density at radius 1 is 1.08 bits per heavy atom. The molecule has 2 amide bonds. The summed E-state index contributed by atoms with van der Waals surface area (Å²) in [5.74, 6) is -0.180. The Labute approximate surface area is 216 Å². The van der Waals surface area contributed by atoms with Gasteiger partial charge in [-0.05, 0) is 54.1 Å². The number of nitrogens with zero attached hydrogens (tertiary/aromatic N) is 2. The van der Waals surface area contributed by atoms with Gasteiger partial charge in [-0.15, -0.1) is 0 Å². The van der Waals surface area contributed by atoms with Crippen LogP contribution in [-0.4, -0.2) is 59.0 Å². The fourth-order valence-electron chi connectivity index (χ4n) is 4.87. The van der Waals surface area contributed by atoms with Crippen molar-refractivity contribution in [2.24, 2.45) is 0 Å². The zero-order chi connectivity index (χ0) is 25.5. The Bertz CT molecular complexity index is 1510. The molecule has 8 nitrogen and oxygen atoms in total. The van der Waals surface area contributed by atoms with E-state index in [-0.39, 0.29) is 17.6 Å². The second-order valence-corrected chi connectivity index (χ2v) is 9.53. The van der Waals surface area contributed by atoms with E-state index in [0.717, 1.165) is 29.8 Å². The highest BCUT2D eigenvalue weighted by Gasteiger charge is 2.35. The molecule has 188 valence electrons. The van der Waals surface area contributed by atoms with Gasteiger partial charge >= 0.3 is 0 Å². The zero-order valence-corrected chi connectivity index (χ0v) is 20.4. The molecule has 2 aliphatic heterocycles. The van der Waals surface area contributed by atoms with Gasteiger partial charge in [0, 0.05) is 66.0 Å². The first-order valence-corrected chi connectivity index (χ1v) is 12.4. The third kappa shape index (κ3) is 4.52. The summed E-state index contributed by atoms with van der Waals surface area (Å²) >= 11 is 6.49. The fraction of sp³-hybridized carbons (Fsp3) is 0.222. The van der Waals surface area contributed by atoms with Gasteiger partial charge in [0.15, 0.2) is 6.10 Å². The number of amides is 2. The summed E-state index contributed by atoms with van der Waals surface area (Å²) in [4.78, 5) is 35.3. The van der Waals surface area contributed by atoms with Gasteiger partial charge in [-0.3, -0.25) is 9.59 Å². The maximum atomic E-state index is 13.2. The number of hydrogen-bond donors (Lipinski definition) is 3. The van der Waals surface area contributed by atoms with Crippen molar-refractivity contribution in [2.45, 2.75) is 12.5 Å². The third-order valence-electron chi connectivity index (χ3n) is 6.67. The SMILES string of the molecule is O=C(Nc1ccc(F)cc1)c1cc2c(-c3cc(Cl)cc4c3O[C@H](C(=O)N3CCNCC3)C4)ccnc2[nH]1. The van der Waals surface area contributed by atoms with E-state index in [2.05, 4.69) is 20.6 Å². The molecule has 0 unspecified atom stereocenters. The first-order chi connectivity index (χ1) is 18.0. The number of aromatic nitrogens is 2. The maximum Gasteiger partial charge on any atom is 0.272 e. The van der Waals surface area contributed by atoms with Gasteiger partial charge in [0.05, 0.1) is 0 Å². The lowest BCUT2D eigenvalue weighted by Crippen LogP contribution is -2.50. The number of piperazine rings is 1. The molecule has 4 aromatic rings. The van der Waals surface area contributed by atoms with Crippen molar-refractivity contribution in [1.82, 2.24) is 20.2 Å². The predicted octanol–water partition coefficient (Wildman–Crippen LogP) is 4.01. The second kappa shape index (κ2) is 9.49. The molecular weight excluding hydrogens is 497 g/mol. The highest BCUT2D eigenvalue weighted by Crippen LogP contribution is 2.43. The Morgan fingerprint density at radius 2 is 1.86 bits per heavy atom. The molecule has 1 saturated heterocycles. The molecule has 10 heteroatoms. The smallest absolute Gasteiger partial charge is 0.272 e. The summed E-state index contributed by atoms with van der Waals surface area (Å²) in [5, 5.41) is 7.24. The summed E-state index contributed by atoms with van der Waals surface area (Å²) in [5.41, 5.74) is 3.66. The first-order valence-electron chi connectivity index (χ1n) is 12.0. The molecule has 0 radical (unpaired) electrons. The van der Waals surface area contributed by atoms with Crippen LogP contribution in [-0.2, 0) is 11.2 Å². The topological polar surface area (TPSA) is 99.3 Å². The summed E-state index contributed by atoms with van der Waals surface area (Å²) in [6.07, 6.45) is 1.48. The Morgan fingerprint density at radius 3 is 2.65 bits per heavy atom. The summed E-state index contributed by atoms with van der Waals surface area (Å²) in [7, 11) is 0. The molecular formula is C27H23ClFN5O3. The molecule has 2 aromatic carbocycles. The monoisotopic (exact) mass is 519 g/mol. The number of benzene rings is 2. The molecule has 0 spiro atoms. The van der Waals surface area contributed by atoms with E-state index in [9.17, 15) is 14.0 Å². The van der Waals surface area contributed by atoms with Crippen LogP contribution in [0.15, 0.2) is 54.7 Å². The maximum absolute atomic E-state index is 13.2. The van der Waals surface area contributed by atoms with Crippen LogP contribution in [0, 0.1) is 5.82 Å². The van der Waals surface area contributed by atoms with E-state index in [4.69, 9.17) is 16.3 Å². The number of anilines is 1. The van der Waals surface area contributed by atoms with Crippen LogP contribution in [0.3, 0.4) is 0 Å². The predicted molar refractivity (Wildman–Crippen MR) is 138 cm³/mol. The molecule has 0 bridgehead atoms. The highest BCUT2D eigenvalue weighted by molar-refractivity contribution is 6.31. The second-order valence-electron chi connectivity index (χ2n) is 9.09. The number of carbonyl (C=O) groups is 2. The largest absolute Gasteiger partial charge is 0.479 e. The molecule has 6 rings (SSSR count). The number of rotatable bonds is 4. The van der Waals surface area contributed by atoms with Gasteiger partial charge in [0.25, 0.3) is 11.8 Å². The van der Waals surface area contributed by atoms with Gasteiger partial charge in [-0.2, -0.15) is 0 Å². The lowest BCUT2D eigenvalue weighted by molar-refractivity contribution is -0.138. The number of aromatic amines is 1. The Balaban J connectivity index is 1.32. The lowest BCUT2D eigenvalue weighted by atomic mass is 9.99. The van der Waals surface area contributed by atoms with E-state index in [0.29, 0.717) is 52.7 Å². The van der Waals surface area contributed by atoms with E-state index < -0.39 is 6.10 Å². The Hall–Kier alpha value is -3.95. The van der Waals surface area contributed by atoms with Gasteiger partial charge < -0.3 is 25.3 Å². The van der Waals surface area contributed by atoms with Crippen LogP contribution in [0.5, 0.6) is 5.75 Å². The zero-order valence-electron chi connectivity index (χ0n) is 19.7. The van der Waals surface area contributed by atoms with Crippen LogP contribution in [0.25, 0.3) is 22.2 Å². The van der Waals surface area contributed by atoms with Crippen LogP contribution in [0.2, 0.25) is 5.02 Å². The van der Waals surface area contributed by atoms with Crippen LogP contribution < -0.4 is 15.4 Å². The number of H-pyrrole nitrogens is 1. The molecule has 2 aliphatic rings. The van der Waals surface area contributed by atoms with Crippen molar-refractivity contribution >= 4 is 40.1 Å². The molecule has 1 atom stereocenters. The molecule has 2 aromatic heterocycles. The standard InChI is InChI=1S/C27H23ClFN5O3/c28-16-11-15-12-23(27(36)34-9-7-30-8-10-34)37-24(15)20(13-16)19-5-6-31-25-21(19)14-22(33-25)26(35)32-18-3-1-17(29)2-4-18/h1-6,11,13-14,23,30H,7-10,12H2,(H,31,33)(H,32,35)/t23-/m0/s1. The first kappa shape index (κ1) is 23.4. The number of fused-ring (bicyclic) bond motifs is 2. The van der Waals surface area contributed by atoms with Gasteiger partial charge in [0.1, 0.15) is 22.9 Å². The van der Waals surface area contributed by atoms with Crippen LogP contribution >= 0.6 is 11.6 Å². The number of ether oxygens (including phenoxy) is 1. The van der Waals surface area contributed by atoms with Crippen molar-refractivity contribution in [1.29, 1.82) is 0 Å². The molecule has 3 N–H and O–H groups in total. The number of halogens is 2. The highest BCUT2D eigenvalue weighted by atomic mass is 35.5. The normalized spacial score (nSPS) is 16.9. The molecule has 1 fully saturated rings. The van der Waals surface area contributed by atoms with E-state index >= 15 is 0 Å². The van der Waals surface area contributed by atoms with E-state index in [1.165, 1.54) is 24.3 Å². The van der Waals surface area contributed by atoms with E-state index in [1.807, 2.05) is 17.0 Å². The van der Waals surface area contributed by atoms with Crippen molar-refractivity contribution in [2.75, 3.05) is 31.5 Å². The molecule has 0 saturated carbocycles. The average molecular weight is 520 g/mol. The lowest BCUT2D eigenvalue weighted by Gasteiger charge is -2.29. The summed E-state index contributed by atoms with van der Waals surface area (Å²) < 4.78 is 19.5. The van der Waals surface area contributed by atoms with Crippen molar-refractivity contribution < 1.29 is 18.7 Å². The molecule has 0 aliphatic carbocycles. The van der Waals surface area contributed by atoms with Crippen molar-refractivity contribution in [3.8, 4) is 16.9 Å². The van der Waals surface area contributed by atoms with Gasteiger partial charge in [-0.1, -0.05) is 11.6 Å².